The number of aliphatic hydroxyl groups excluding tert-OH is 1. The minimum absolute atomic E-state index is 0.390. The monoisotopic (exact) mass is 273 g/mol. The quantitative estimate of drug-likeness (QED) is 0.534. The zero-order valence-corrected chi connectivity index (χ0v) is 12.6. The molecular weight excluding hydrogens is 242 g/mol. The summed E-state index contributed by atoms with van der Waals surface area (Å²) in [4.78, 5) is 0. The first kappa shape index (κ1) is 16.9. The van der Waals surface area contributed by atoms with E-state index in [2.05, 4.69) is 19.2 Å². The van der Waals surface area contributed by atoms with Gasteiger partial charge in [-0.2, -0.15) is 0 Å². The molecule has 0 aromatic rings. The summed E-state index contributed by atoms with van der Waals surface area (Å²) >= 11 is 0. The topological polar surface area (TPSA) is 50.7 Å². The van der Waals surface area contributed by atoms with Crippen molar-refractivity contribution in [2.45, 2.75) is 58.1 Å². The Morgan fingerprint density at radius 3 is 2.58 bits per heavy atom. The van der Waals surface area contributed by atoms with E-state index in [9.17, 15) is 5.11 Å². The fraction of sp³-hybridized carbons (Fsp3) is 1.00. The third-order valence-electron chi connectivity index (χ3n) is 3.86. The van der Waals surface area contributed by atoms with Gasteiger partial charge < -0.3 is 19.9 Å². The van der Waals surface area contributed by atoms with Crippen molar-refractivity contribution >= 4 is 0 Å². The van der Waals surface area contributed by atoms with Crippen LogP contribution in [0.4, 0.5) is 0 Å². The van der Waals surface area contributed by atoms with Gasteiger partial charge >= 0.3 is 0 Å². The number of aliphatic hydroxyl groups is 1. The molecule has 114 valence electrons. The Hall–Kier alpha value is -0.160. The molecular formula is C15H31NO3. The van der Waals surface area contributed by atoms with Crippen LogP contribution in [0.5, 0.6) is 0 Å². The van der Waals surface area contributed by atoms with E-state index in [1.165, 1.54) is 19.3 Å². The predicted molar refractivity (Wildman–Crippen MR) is 77.4 cm³/mol. The van der Waals surface area contributed by atoms with Gasteiger partial charge in [-0.15, -0.1) is 0 Å². The lowest BCUT2D eigenvalue weighted by molar-refractivity contribution is 0.00240. The summed E-state index contributed by atoms with van der Waals surface area (Å²) in [5, 5.41) is 13.2. The summed E-state index contributed by atoms with van der Waals surface area (Å²) in [7, 11) is 0. The molecule has 1 fully saturated rings. The van der Waals surface area contributed by atoms with Gasteiger partial charge in [-0.3, -0.25) is 0 Å². The van der Waals surface area contributed by atoms with Crippen molar-refractivity contribution in [3.05, 3.63) is 0 Å². The van der Waals surface area contributed by atoms with Gasteiger partial charge in [0, 0.05) is 19.2 Å². The minimum atomic E-state index is -0.418. The van der Waals surface area contributed by atoms with Gasteiger partial charge in [0.1, 0.15) is 0 Å². The van der Waals surface area contributed by atoms with Crippen LogP contribution in [0.1, 0.15) is 46.0 Å². The smallest absolute Gasteiger partial charge is 0.0897 e. The molecule has 0 heterocycles. The normalized spacial score (nSPS) is 19.1. The van der Waals surface area contributed by atoms with Crippen LogP contribution in [-0.4, -0.2) is 50.2 Å². The van der Waals surface area contributed by atoms with Crippen LogP contribution in [0, 0.1) is 5.92 Å². The SMILES string of the molecule is CCCCOCCOCC(O)CNC(C)C1CCC1. The highest BCUT2D eigenvalue weighted by Gasteiger charge is 2.23. The maximum absolute atomic E-state index is 9.78. The zero-order valence-electron chi connectivity index (χ0n) is 12.6. The number of hydrogen-bond acceptors (Lipinski definition) is 4. The molecule has 2 atom stereocenters. The molecule has 0 aromatic carbocycles. The van der Waals surface area contributed by atoms with Crippen molar-refractivity contribution in [1.29, 1.82) is 0 Å². The molecule has 1 aliphatic carbocycles. The molecule has 1 aliphatic rings. The second-order valence-corrected chi connectivity index (χ2v) is 5.58. The van der Waals surface area contributed by atoms with E-state index in [-0.39, 0.29) is 0 Å². The van der Waals surface area contributed by atoms with Crippen LogP contribution in [-0.2, 0) is 9.47 Å². The molecule has 0 spiro atoms. The summed E-state index contributed by atoms with van der Waals surface area (Å²) in [6.45, 7) is 7.36. The third kappa shape index (κ3) is 7.88. The molecule has 4 heteroatoms. The Bertz CT molecular complexity index is 210. The average molecular weight is 273 g/mol. The number of hydrogen-bond donors (Lipinski definition) is 2. The van der Waals surface area contributed by atoms with E-state index in [1.807, 2.05) is 0 Å². The van der Waals surface area contributed by atoms with Crippen LogP contribution < -0.4 is 5.32 Å². The second kappa shape index (κ2) is 10.6. The predicted octanol–water partition coefficient (Wildman–Crippen LogP) is 1.96. The third-order valence-corrected chi connectivity index (χ3v) is 3.86. The Morgan fingerprint density at radius 1 is 1.21 bits per heavy atom. The van der Waals surface area contributed by atoms with Gasteiger partial charge in [-0.1, -0.05) is 19.8 Å². The summed E-state index contributed by atoms with van der Waals surface area (Å²) in [6.07, 6.45) is 5.86. The van der Waals surface area contributed by atoms with Gasteiger partial charge in [0.15, 0.2) is 0 Å². The van der Waals surface area contributed by atoms with Crippen molar-refractivity contribution in [3.63, 3.8) is 0 Å². The van der Waals surface area contributed by atoms with Crippen LogP contribution in [0.2, 0.25) is 0 Å². The first-order valence-electron chi connectivity index (χ1n) is 7.81. The van der Waals surface area contributed by atoms with Crippen LogP contribution >= 0.6 is 0 Å². The fourth-order valence-electron chi connectivity index (χ4n) is 2.17. The maximum atomic E-state index is 9.78. The molecule has 4 nitrogen and oxygen atoms in total. The van der Waals surface area contributed by atoms with Crippen LogP contribution in [0.3, 0.4) is 0 Å². The molecule has 0 aliphatic heterocycles. The highest BCUT2D eigenvalue weighted by Crippen LogP contribution is 2.29. The van der Waals surface area contributed by atoms with Crippen molar-refractivity contribution in [2.75, 3.05) is 33.0 Å². The molecule has 0 radical (unpaired) electrons. The van der Waals surface area contributed by atoms with Crippen molar-refractivity contribution in [3.8, 4) is 0 Å². The lowest BCUT2D eigenvalue weighted by Crippen LogP contribution is -2.42. The van der Waals surface area contributed by atoms with E-state index in [0.717, 1.165) is 25.4 Å². The van der Waals surface area contributed by atoms with E-state index in [4.69, 9.17) is 9.47 Å². The molecule has 19 heavy (non-hydrogen) atoms. The summed E-state index contributed by atoms with van der Waals surface area (Å²) < 4.78 is 10.8. The minimum Gasteiger partial charge on any atom is -0.389 e. The molecule has 0 saturated heterocycles. The second-order valence-electron chi connectivity index (χ2n) is 5.58. The average Bonchev–Trinajstić information content (AvgIpc) is 2.33. The van der Waals surface area contributed by atoms with E-state index < -0.39 is 6.10 Å². The Kier molecular flexibility index (Phi) is 9.43. The van der Waals surface area contributed by atoms with E-state index in [0.29, 0.717) is 32.4 Å². The molecule has 2 unspecified atom stereocenters. The largest absolute Gasteiger partial charge is 0.389 e. The van der Waals surface area contributed by atoms with Gasteiger partial charge in [0.2, 0.25) is 0 Å². The Labute approximate surface area is 117 Å². The van der Waals surface area contributed by atoms with E-state index in [1.54, 1.807) is 0 Å². The van der Waals surface area contributed by atoms with Crippen LogP contribution in [0.15, 0.2) is 0 Å². The van der Waals surface area contributed by atoms with Crippen molar-refractivity contribution in [2.24, 2.45) is 5.92 Å². The molecule has 0 aromatic heterocycles. The van der Waals surface area contributed by atoms with E-state index >= 15 is 0 Å². The van der Waals surface area contributed by atoms with Gasteiger partial charge in [0.25, 0.3) is 0 Å². The first-order valence-corrected chi connectivity index (χ1v) is 7.81. The molecule has 2 N–H and O–H groups in total. The maximum Gasteiger partial charge on any atom is 0.0897 e. The van der Waals surface area contributed by atoms with Gasteiger partial charge in [0.05, 0.1) is 25.9 Å². The van der Waals surface area contributed by atoms with Crippen LogP contribution in [0.25, 0.3) is 0 Å². The summed E-state index contributed by atoms with van der Waals surface area (Å²) in [5.41, 5.74) is 0. The highest BCUT2D eigenvalue weighted by atomic mass is 16.5. The van der Waals surface area contributed by atoms with Gasteiger partial charge in [-0.25, -0.2) is 0 Å². The summed E-state index contributed by atoms with van der Waals surface area (Å²) in [6, 6.07) is 0.515. The lowest BCUT2D eigenvalue weighted by Gasteiger charge is -2.32. The van der Waals surface area contributed by atoms with Gasteiger partial charge in [-0.05, 0) is 32.1 Å². The lowest BCUT2D eigenvalue weighted by atomic mass is 9.80. The number of ether oxygens (including phenoxy) is 2. The van der Waals surface area contributed by atoms with Crippen molar-refractivity contribution < 1.29 is 14.6 Å². The fourth-order valence-corrected chi connectivity index (χ4v) is 2.17. The first-order chi connectivity index (χ1) is 9.24. The Morgan fingerprint density at radius 2 is 1.95 bits per heavy atom. The Balaban J connectivity index is 1.85. The summed E-state index contributed by atoms with van der Waals surface area (Å²) in [5.74, 6) is 0.806. The molecule has 0 bridgehead atoms. The molecule has 1 saturated carbocycles. The number of rotatable bonds is 12. The molecule has 1 rings (SSSR count). The zero-order chi connectivity index (χ0) is 13.9. The standard InChI is InChI=1S/C15H31NO3/c1-3-4-8-18-9-10-19-12-15(17)11-16-13(2)14-6-5-7-14/h13-17H,3-12H2,1-2H3. The highest BCUT2D eigenvalue weighted by molar-refractivity contribution is 4.80. The molecule has 0 amide bonds. The van der Waals surface area contributed by atoms with Crippen molar-refractivity contribution in [1.82, 2.24) is 5.32 Å². The number of unbranched alkanes of at least 4 members (excludes halogenated alkanes) is 1. The number of nitrogens with one attached hydrogen (secondary N) is 1.